The molecule has 1 atom stereocenters. The largest absolute Gasteiger partial charge is 0.330 e. The molecule has 4 nitrogen and oxygen atoms in total. The molecule has 1 fully saturated rings. The summed E-state index contributed by atoms with van der Waals surface area (Å²) in [5.74, 6) is 0.424. The molecule has 0 aromatic heterocycles. The minimum absolute atomic E-state index is 0.130. The maximum Gasteiger partial charge on any atom is 0.247 e. The van der Waals surface area contributed by atoms with E-state index < -0.39 is 0 Å². The summed E-state index contributed by atoms with van der Waals surface area (Å²) < 4.78 is 0. The van der Waals surface area contributed by atoms with Gasteiger partial charge in [0.05, 0.1) is 10.9 Å². The van der Waals surface area contributed by atoms with Crippen molar-refractivity contribution in [1.82, 2.24) is 0 Å². The van der Waals surface area contributed by atoms with Gasteiger partial charge in [-0.1, -0.05) is 36.4 Å². The standard InChI is InChI=1S/C16H16N2O2S/c17-8-9-21-14-10-15(19)18(16(14)20)13-7-3-5-11-4-1-2-6-12(11)13/h1-7,14H,8-10,17H2. The molecule has 0 radical (unpaired) electrons. The normalized spacial score (nSPS) is 18.7. The predicted octanol–water partition coefficient (Wildman–Crippen LogP) is 2.16. The van der Waals surface area contributed by atoms with Gasteiger partial charge in [-0.05, 0) is 11.5 Å². The quantitative estimate of drug-likeness (QED) is 0.879. The van der Waals surface area contributed by atoms with Crippen LogP contribution < -0.4 is 10.6 Å². The molecule has 1 aliphatic heterocycles. The lowest BCUT2D eigenvalue weighted by Gasteiger charge is -2.17. The van der Waals surface area contributed by atoms with Gasteiger partial charge in [-0.25, -0.2) is 4.90 Å². The lowest BCUT2D eigenvalue weighted by atomic mass is 10.1. The minimum Gasteiger partial charge on any atom is -0.330 e. The number of carbonyl (C=O) groups is 2. The van der Waals surface area contributed by atoms with Crippen LogP contribution in [0.2, 0.25) is 0 Å². The summed E-state index contributed by atoms with van der Waals surface area (Å²) in [4.78, 5) is 26.1. The van der Waals surface area contributed by atoms with E-state index in [0.29, 0.717) is 18.0 Å². The maximum absolute atomic E-state index is 12.5. The van der Waals surface area contributed by atoms with Crippen LogP contribution in [0.15, 0.2) is 42.5 Å². The first-order chi connectivity index (χ1) is 10.2. The Morgan fingerprint density at radius 2 is 1.90 bits per heavy atom. The van der Waals surface area contributed by atoms with E-state index in [-0.39, 0.29) is 23.5 Å². The maximum atomic E-state index is 12.5. The summed E-state index contributed by atoms with van der Waals surface area (Å²) in [5, 5.41) is 1.64. The summed E-state index contributed by atoms with van der Waals surface area (Å²) in [6, 6.07) is 13.4. The van der Waals surface area contributed by atoms with Crippen molar-refractivity contribution in [2.75, 3.05) is 17.2 Å². The van der Waals surface area contributed by atoms with Crippen molar-refractivity contribution in [3.8, 4) is 0 Å². The number of rotatable bonds is 4. The van der Waals surface area contributed by atoms with Gasteiger partial charge in [0.15, 0.2) is 0 Å². The van der Waals surface area contributed by atoms with E-state index in [0.717, 1.165) is 10.8 Å². The lowest BCUT2D eigenvalue weighted by Crippen LogP contribution is -2.31. The third kappa shape index (κ3) is 2.54. The van der Waals surface area contributed by atoms with E-state index >= 15 is 0 Å². The molecule has 2 aromatic carbocycles. The molecular formula is C16H16N2O2S. The van der Waals surface area contributed by atoms with Crippen molar-refractivity contribution >= 4 is 40.0 Å². The second kappa shape index (κ2) is 5.87. The van der Waals surface area contributed by atoms with Crippen LogP contribution in [0.25, 0.3) is 10.8 Å². The zero-order valence-corrected chi connectivity index (χ0v) is 12.3. The molecule has 3 rings (SSSR count). The Balaban J connectivity index is 1.99. The number of thioether (sulfide) groups is 1. The number of carbonyl (C=O) groups excluding carboxylic acids is 2. The average molecular weight is 300 g/mol. The van der Waals surface area contributed by atoms with Gasteiger partial charge in [-0.15, -0.1) is 11.8 Å². The van der Waals surface area contributed by atoms with Crippen LogP contribution in [-0.4, -0.2) is 29.4 Å². The smallest absolute Gasteiger partial charge is 0.247 e. The number of imide groups is 1. The van der Waals surface area contributed by atoms with Crippen molar-refractivity contribution in [1.29, 1.82) is 0 Å². The van der Waals surface area contributed by atoms with Crippen LogP contribution in [0.5, 0.6) is 0 Å². The van der Waals surface area contributed by atoms with E-state index in [4.69, 9.17) is 5.73 Å². The van der Waals surface area contributed by atoms with Gasteiger partial charge in [0.1, 0.15) is 0 Å². The van der Waals surface area contributed by atoms with E-state index in [2.05, 4.69) is 0 Å². The summed E-state index contributed by atoms with van der Waals surface area (Å²) in [7, 11) is 0. The fourth-order valence-electron chi connectivity index (χ4n) is 2.60. The highest BCUT2D eigenvalue weighted by molar-refractivity contribution is 8.00. The molecule has 1 heterocycles. The average Bonchev–Trinajstić information content (AvgIpc) is 2.79. The van der Waals surface area contributed by atoms with Gasteiger partial charge < -0.3 is 5.73 Å². The highest BCUT2D eigenvalue weighted by Gasteiger charge is 2.40. The highest BCUT2D eigenvalue weighted by atomic mass is 32.2. The molecule has 2 amide bonds. The van der Waals surface area contributed by atoms with Gasteiger partial charge >= 0.3 is 0 Å². The van der Waals surface area contributed by atoms with E-state index in [1.165, 1.54) is 16.7 Å². The van der Waals surface area contributed by atoms with Crippen molar-refractivity contribution < 1.29 is 9.59 Å². The third-order valence-electron chi connectivity index (χ3n) is 3.55. The van der Waals surface area contributed by atoms with Crippen molar-refractivity contribution in [3.63, 3.8) is 0 Å². The van der Waals surface area contributed by atoms with Crippen molar-refractivity contribution in [2.45, 2.75) is 11.7 Å². The topological polar surface area (TPSA) is 63.4 Å². The van der Waals surface area contributed by atoms with Crippen LogP contribution >= 0.6 is 11.8 Å². The number of hydrogen-bond acceptors (Lipinski definition) is 4. The highest BCUT2D eigenvalue weighted by Crippen LogP contribution is 2.33. The Hall–Kier alpha value is -1.85. The molecule has 21 heavy (non-hydrogen) atoms. The van der Waals surface area contributed by atoms with Crippen LogP contribution in [0, 0.1) is 0 Å². The first-order valence-electron chi connectivity index (χ1n) is 6.88. The van der Waals surface area contributed by atoms with Crippen molar-refractivity contribution in [2.24, 2.45) is 5.73 Å². The number of benzene rings is 2. The molecule has 0 spiro atoms. The summed E-state index contributed by atoms with van der Waals surface area (Å²) in [6.07, 6.45) is 0.257. The molecule has 2 aromatic rings. The second-order valence-corrected chi connectivity index (χ2v) is 6.23. The van der Waals surface area contributed by atoms with E-state index in [1.807, 2.05) is 42.5 Å². The van der Waals surface area contributed by atoms with Gasteiger partial charge in [0.25, 0.3) is 0 Å². The zero-order chi connectivity index (χ0) is 14.8. The fraction of sp³-hybridized carbons (Fsp3) is 0.250. The summed E-state index contributed by atoms with van der Waals surface area (Å²) in [5.41, 5.74) is 6.16. The first-order valence-corrected chi connectivity index (χ1v) is 7.93. The van der Waals surface area contributed by atoms with Gasteiger partial charge in [0.2, 0.25) is 11.8 Å². The van der Waals surface area contributed by atoms with Crippen LogP contribution in [0.1, 0.15) is 6.42 Å². The first kappa shape index (κ1) is 14.1. The SMILES string of the molecule is NCCSC1CC(=O)N(c2cccc3ccccc23)C1=O. The number of nitrogens with two attached hydrogens (primary N) is 1. The molecular weight excluding hydrogens is 284 g/mol. The lowest BCUT2D eigenvalue weighted by molar-refractivity contribution is -0.121. The Labute approximate surface area is 127 Å². The summed E-state index contributed by atoms with van der Waals surface area (Å²) in [6.45, 7) is 0.511. The molecule has 0 bridgehead atoms. The molecule has 0 saturated carbocycles. The number of hydrogen-bond donors (Lipinski definition) is 1. The molecule has 5 heteroatoms. The van der Waals surface area contributed by atoms with Crippen LogP contribution in [0.4, 0.5) is 5.69 Å². The molecule has 0 aliphatic carbocycles. The van der Waals surface area contributed by atoms with E-state index in [1.54, 1.807) is 0 Å². The van der Waals surface area contributed by atoms with Gasteiger partial charge in [0, 0.05) is 24.1 Å². The molecule has 108 valence electrons. The number of nitrogens with zero attached hydrogens (tertiary/aromatic N) is 1. The molecule has 1 saturated heterocycles. The summed E-state index contributed by atoms with van der Waals surface area (Å²) >= 11 is 1.46. The second-order valence-electron chi connectivity index (χ2n) is 4.92. The Morgan fingerprint density at radius 1 is 1.14 bits per heavy atom. The number of amides is 2. The van der Waals surface area contributed by atoms with E-state index in [9.17, 15) is 9.59 Å². The predicted molar refractivity (Wildman–Crippen MR) is 86.4 cm³/mol. The molecule has 2 N–H and O–H groups in total. The molecule has 1 unspecified atom stereocenters. The third-order valence-corrected chi connectivity index (χ3v) is 4.79. The fourth-order valence-corrected chi connectivity index (χ4v) is 3.53. The minimum atomic E-state index is -0.306. The monoisotopic (exact) mass is 300 g/mol. The Kier molecular flexibility index (Phi) is 3.94. The van der Waals surface area contributed by atoms with Crippen LogP contribution in [-0.2, 0) is 9.59 Å². The zero-order valence-electron chi connectivity index (χ0n) is 11.5. The molecule has 1 aliphatic rings. The number of fused-ring (bicyclic) bond motifs is 1. The van der Waals surface area contributed by atoms with Crippen molar-refractivity contribution in [3.05, 3.63) is 42.5 Å². The Morgan fingerprint density at radius 3 is 2.71 bits per heavy atom. The van der Waals surface area contributed by atoms with Gasteiger partial charge in [-0.2, -0.15) is 0 Å². The Bertz CT molecular complexity index is 696. The van der Waals surface area contributed by atoms with Gasteiger partial charge in [-0.3, -0.25) is 9.59 Å². The number of anilines is 1. The van der Waals surface area contributed by atoms with Crippen LogP contribution in [0.3, 0.4) is 0 Å².